The van der Waals surface area contributed by atoms with Crippen LogP contribution in [0, 0.1) is 11.3 Å². The van der Waals surface area contributed by atoms with E-state index < -0.39 is 18.3 Å². The van der Waals surface area contributed by atoms with Crippen LogP contribution in [0.1, 0.15) is 33.3 Å². The molecule has 2 rings (SSSR count). The number of hydrogen-bond acceptors (Lipinski definition) is 3. The van der Waals surface area contributed by atoms with E-state index in [-0.39, 0.29) is 0 Å². The van der Waals surface area contributed by atoms with E-state index in [1.165, 1.54) is 0 Å². The fraction of sp³-hybridized carbons (Fsp3) is 0.462. The van der Waals surface area contributed by atoms with E-state index in [0.29, 0.717) is 5.56 Å². The molecule has 5 heteroatoms. The van der Waals surface area contributed by atoms with Crippen molar-refractivity contribution in [2.24, 2.45) is 0 Å². The molecule has 0 aliphatic carbocycles. The van der Waals surface area contributed by atoms with Gasteiger partial charge in [-0.05, 0) is 45.9 Å². The van der Waals surface area contributed by atoms with Crippen molar-refractivity contribution in [1.82, 2.24) is 0 Å². The highest BCUT2D eigenvalue weighted by molar-refractivity contribution is 9.10. The van der Waals surface area contributed by atoms with Crippen molar-refractivity contribution in [2.45, 2.75) is 38.9 Å². The van der Waals surface area contributed by atoms with Crippen LogP contribution in [-0.2, 0) is 9.31 Å². The fourth-order valence-electron chi connectivity index (χ4n) is 1.80. The Kier molecular flexibility index (Phi) is 3.31. The molecular weight excluding hydrogens is 293 g/mol. The topological polar surface area (TPSA) is 42.2 Å². The summed E-state index contributed by atoms with van der Waals surface area (Å²) in [6, 6.07) is 7.66. The smallest absolute Gasteiger partial charge is 0.399 e. The van der Waals surface area contributed by atoms with Crippen LogP contribution >= 0.6 is 15.9 Å². The second-order valence-electron chi connectivity index (χ2n) is 5.43. The van der Waals surface area contributed by atoms with Crippen LogP contribution in [-0.4, -0.2) is 18.3 Å². The van der Waals surface area contributed by atoms with Gasteiger partial charge in [0.2, 0.25) is 0 Å². The summed E-state index contributed by atoms with van der Waals surface area (Å²) in [5, 5.41) is 9.15. The highest BCUT2D eigenvalue weighted by Crippen LogP contribution is 2.36. The predicted molar refractivity (Wildman–Crippen MR) is 74.6 cm³/mol. The molecule has 1 heterocycles. The van der Waals surface area contributed by atoms with E-state index in [9.17, 15) is 0 Å². The molecule has 1 aromatic rings. The Balaban J connectivity index is 2.41. The van der Waals surface area contributed by atoms with Gasteiger partial charge in [0.1, 0.15) is 0 Å². The molecule has 1 saturated heterocycles. The van der Waals surface area contributed by atoms with Crippen molar-refractivity contribution in [3.63, 3.8) is 0 Å². The molecule has 0 saturated carbocycles. The van der Waals surface area contributed by atoms with Crippen LogP contribution in [0.2, 0.25) is 0 Å². The first-order valence-electron chi connectivity index (χ1n) is 5.82. The van der Waals surface area contributed by atoms with E-state index in [1.54, 1.807) is 6.07 Å². The third-order valence-electron chi connectivity index (χ3n) is 3.64. The number of halogens is 1. The number of benzene rings is 1. The zero-order valence-corrected chi connectivity index (χ0v) is 12.5. The van der Waals surface area contributed by atoms with E-state index in [0.717, 1.165) is 9.94 Å². The van der Waals surface area contributed by atoms with Crippen molar-refractivity contribution >= 4 is 28.5 Å². The summed E-state index contributed by atoms with van der Waals surface area (Å²) >= 11 is 3.41. The minimum absolute atomic E-state index is 0.396. The molecule has 94 valence electrons. The Hall–Kier alpha value is -0.825. The van der Waals surface area contributed by atoms with Gasteiger partial charge in [-0.1, -0.05) is 15.9 Å². The molecule has 1 aliphatic rings. The van der Waals surface area contributed by atoms with Crippen molar-refractivity contribution in [3.8, 4) is 6.07 Å². The van der Waals surface area contributed by atoms with E-state index in [4.69, 9.17) is 14.6 Å². The molecule has 0 unspecified atom stereocenters. The summed E-state index contributed by atoms with van der Waals surface area (Å²) in [5.74, 6) is 0. The average molecular weight is 308 g/mol. The molecule has 18 heavy (non-hydrogen) atoms. The molecular formula is C13H15BBrNO2. The Labute approximate surface area is 116 Å². The van der Waals surface area contributed by atoms with Crippen LogP contribution in [0.5, 0.6) is 0 Å². The summed E-state index contributed by atoms with van der Waals surface area (Å²) in [5.41, 5.74) is 0.557. The highest BCUT2D eigenvalue weighted by atomic mass is 79.9. The van der Waals surface area contributed by atoms with E-state index in [2.05, 4.69) is 22.0 Å². The molecule has 1 fully saturated rings. The van der Waals surface area contributed by atoms with Gasteiger partial charge in [0.25, 0.3) is 0 Å². The minimum Gasteiger partial charge on any atom is -0.399 e. The fourth-order valence-corrected chi connectivity index (χ4v) is 2.18. The van der Waals surface area contributed by atoms with Crippen LogP contribution in [0.4, 0.5) is 0 Å². The van der Waals surface area contributed by atoms with Gasteiger partial charge in [-0.2, -0.15) is 5.26 Å². The second kappa shape index (κ2) is 4.38. The molecule has 1 aromatic carbocycles. The minimum atomic E-state index is -0.498. The Bertz CT molecular complexity index is 506. The zero-order valence-electron chi connectivity index (χ0n) is 11.0. The molecule has 0 bridgehead atoms. The van der Waals surface area contributed by atoms with E-state index >= 15 is 0 Å². The molecule has 3 nitrogen and oxygen atoms in total. The standard InChI is InChI=1S/C13H15BBrNO2/c1-12(2)13(3,4)18-14(17-12)11-7-10(15)6-5-9(11)8-16/h5-7H,1-4H3. The second-order valence-corrected chi connectivity index (χ2v) is 6.35. The maximum Gasteiger partial charge on any atom is 0.496 e. The lowest BCUT2D eigenvalue weighted by Crippen LogP contribution is -2.41. The monoisotopic (exact) mass is 307 g/mol. The van der Waals surface area contributed by atoms with Crippen LogP contribution in [0.25, 0.3) is 0 Å². The Morgan fingerprint density at radius 3 is 2.22 bits per heavy atom. The van der Waals surface area contributed by atoms with E-state index in [1.807, 2.05) is 39.8 Å². The lowest BCUT2D eigenvalue weighted by molar-refractivity contribution is 0.00578. The maximum atomic E-state index is 9.15. The third kappa shape index (κ3) is 2.21. The summed E-state index contributed by atoms with van der Waals surface area (Å²) in [6.45, 7) is 7.99. The number of rotatable bonds is 1. The first kappa shape index (κ1) is 13.6. The SMILES string of the molecule is CC1(C)OB(c2cc(Br)ccc2C#N)OC1(C)C. The summed E-state index contributed by atoms with van der Waals surface area (Å²) in [6.07, 6.45) is 0. The lowest BCUT2D eigenvalue weighted by atomic mass is 9.76. The van der Waals surface area contributed by atoms with Gasteiger partial charge < -0.3 is 9.31 Å². The Morgan fingerprint density at radius 2 is 1.72 bits per heavy atom. The molecule has 0 radical (unpaired) electrons. The van der Waals surface area contributed by atoms with Crippen LogP contribution in [0.3, 0.4) is 0 Å². The van der Waals surface area contributed by atoms with Gasteiger partial charge in [0, 0.05) is 9.94 Å². The summed E-state index contributed by atoms with van der Waals surface area (Å²) in [7, 11) is -0.498. The molecule has 0 N–H and O–H groups in total. The first-order chi connectivity index (χ1) is 8.27. The van der Waals surface area contributed by atoms with Crippen molar-refractivity contribution < 1.29 is 9.31 Å². The largest absolute Gasteiger partial charge is 0.496 e. The number of nitriles is 1. The summed E-state index contributed by atoms with van der Waals surface area (Å²) < 4.78 is 12.8. The molecule has 1 aliphatic heterocycles. The third-order valence-corrected chi connectivity index (χ3v) is 4.13. The van der Waals surface area contributed by atoms with Gasteiger partial charge in [-0.15, -0.1) is 0 Å². The number of hydrogen-bond donors (Lipinski definition) is 0. The van der Waals surface area contributed by atoms with Crippen molar-refractivity contribution in [2.75, 3.05) is 0 Å². The van der Waals surface area contributed by atoms with Gasteiger partial charge in [-0.3, -0.25) is 0 Å². The van der Waals surface area contributed by atoms with Crippen LogP contribution < -0.4 is 5.46 Å². The predicted octanol–water partition coefficient (Wildman–Crippen LogP) is 2.62. The zero-order chi connectivity index (χ0) is 13.6. The van der Waals surface area contributed by atoms with Crippen molar-refractivity contribution in [3.05, 3.63) is 28.2 Å². The lowest BCUT2D eigenvalue weighted by Gasteiger charge is -2.32. The quantitative estimate of drug-likeness (QED) is 0.749. The van der Waals surface area contributed by atoms with Gasteiger partial charge in [-0.25, -0.2) is 0 Å². The van der Waals surface area contributed by atoms with Gasteiger partial charge in [0.05, 0.1) is 22.8 Å². The normalized spacial score (nSPS) is 20.8. The first-order valence-corrected chi connectivity index (χ1v) is 6.61. The maximum absolute atomic E-state index is 9.15. The van der Waals surface area contributed by atoms with Gasteiger partial charge in [0.15, 0.2) is 0 Å². The Morgan fingerprint density at radius 1 is 1.17 bits per heavy atom. The van der Waals surface area contributed by atoms with Crippen molar-refractivity contribution in [1.29, 1.82) is 5.26 Å². The van der Waals surface area contributed by atoms with Gasteiger partial charge >= 0.3 is 7.12 Å². The molecule has 0 amide bonds. The number of nitrogens with zero attached hydrogens (tertiary/aromatic N) is 1. The molecule has 0 spiro atoms. The molecule has 0 atom stereocenters. The average Bonchev–Trinajstić information content (AvgIpc) is 2.48. The molecule has 0 aromatic heterocycles. The highest BCUT2D eigenvalue weighted by Gasteiger charge is 2.52. The summed E-state index contributed by atoms with van der Waals surface area (Å²) in [4.78, 5) is 0. The van der Waals surface area contributed by atoms with Crippen LogP contribution in [0.15, 0.2) is 22.7 Å².